The lowest BCUT2D eigenvalue weighted by atomic mass is 10.1. The molecule has 0 amide bonds. The molecule has 0 saturated heterocycles. The Morgan fingerprint density at radius 2 is 2.31 bits per heavy atom. The molecule has 0 spiro atoms. The number of fused-ring (bicyclic) bond motifs is 1. The highest BCUT2D eigenvalue weighted by Gasteiger charge is 2.09. The maximum absolute atomic E-state index is 12.0. The molecule has 1 aromatic carbocycles. The second-order valence-electron chi connectivity index (χ2n) is 3.34. The highest BCUT2D eigenvalue weighted by molar-refractivity contribution is 9.08. The lowest BCUT2D eigenvalue weighted by molar-refractivity contribution is 0.787. The van der Waals surface area contributed by atoms with Crippen molar-refractivity contribution < 1.29 is 0 Å². The van der Waals surface area contributed by atoms with E-state index in [1.54, 1.807) is 25.2 Å². The molecule has 0 atom stereocenters. The summed E-state index contributed by atoms with van der Waals surface area (Å²) in [5, 5.41) is 9.91. The molecule has 0 radical (unpaired) electrons. The fraction of sp³-hybridized carbons (Fsp3) is 0.182. The number of rotatable bonds is 1. The second-order valence-corrected chi connectivity index (χ2v) is 3.90. The zero-order valence-corrected chi connectivity index (χ0v) is 10.2. The number of aromatic nitrogens is 2. The minimum atomic E-state index is -0.128. The molecule has 80 valence electrons. The summed E-state index contributed by atoms with van der Waals surface area (Å²) in [4.78, 5) is 16.3. The Morgan fingerprint density at radius 1 is 1.56 bits per heavy atom. The van der Waals surface area contributed by atoms with Crippen LogP contribution in [-0.2, 0) is 12.4 Å². The van der Waals surface area contributed by atoms with Crippen molar-refractivity contribution in [3.63, 3.8) is 0 Å². The third-order valence-electron chi connectivity index (χ3n) is 2.44. The quantitative estimate of drug-likeness (QED) is 0.746. The van der Waals surface area contributed by atoms with Crippen LogP contribution in [0, 0.1) is 11.3 Å². The van der Waals surface area contributed by atoms with E-state index in [-0.39, 0.29) is 5.56 Å². The zero-order valence-electron chi connectivity index (χ0n) is 8.57. The molecule has 4 nitrogen and oxygen atoms in total. The lowest BCUT2D eigenvalue weighted by Gasteiger charge is -2.06. The number of hydrogen-bond donors (Lipinski definition) is 0. The average Bonchev–Trinajstić information content (AvgIpc) is 2.33. The van der Waals surface area contributed by atoms with Gasteiger partial charge in [-0.15, -0.1) is 0 Å². The lowest BCUT2D eigenvalue weighted by Crippen LogP contribution is -2.21. The van der Waals surface area contributed by atoms with Gasteiger partial charge >= 0.3 is 0 Å². The van der Waals surface area contributed by atoms with Crippen LogP contribution in [0.5, 0.6) is 0 Å². The third kappa shape index (κ3) is 1.51. The van der Waals surface area contributed by atoms with E-state index in [0.29, 0.717) is 27.6 Å². The molecule has 0 bridgehead atoms. The summed E-state index contributed by atoms with van der Waals surface area (Å²) in [6, 6.07) is 7.08. The van der Waals surface area contributed by atoms with E-state index in [9.17, 15) is 4.79 Å². The van der Waals surface area contributed by atoms with E-state index in [1.807, 2.05) is 6.07 Å². The van der Waals surface area contributed by atoms with E-state index in [1.165, 1.54) is 4.57 Å². The molecule has 0 aliphatic carbocycles. The molecule has 16 heavy (non-hydrogen) atoms. The Hall–Kier alpha value is -1.67. The molecule has 5 heteroatoms. The number of nitrogens with zero attached hydrogens (tertiary/aromatic N) is 3. The molecule has 0 aliphatic heterocycles. The maximum atomic E-state index is 12.0. The predicted molar refractivity (Wildman–Crippen MR) is 64.3 cm³/mol. The molecule has 0 N–H and O–H groups in total. The summed E-state index contributed by atoms with van der Waals surface area (Å²) in [5.74, 6) is 0.611. The van der Waals surface area contributed by atoms with Gasteiger partial charge in [-0.05, 0) is 12.1 Å². The summed E-state index contributed by atoms with van der Waals surface area (Å²) in [6.45, 7) is 0. The van der Waals surface area contributed by atoms with E-state index in [2.05, 4.69) is 20.9 Å². The van der Waals surface area contributed by atoms with Crippen molar-refractivity contribution in [2.24, 2.45) is 7.05 Å². The van der Waals surface area contributed by atoms with Gasteiger partial charge in [0.05, 0.1) is 21.8 Å². The highest BCUT2D eigenvalue weighted by Crippen LogP contribution is 2.13. The first-order valence-corrected chi connectivity index (χ1v) is 5.76. The van der Waals surface area contributed by atoms with Crippen LogP contribution in [0.3, 0.4) is 0 Å². The number of halogens is 1. The fourth-order valence-electron chi connectivity index (χ4n) is 1.55. The molecule has 2 aromatic rings. The van der Waals surface area contributed by atoms with Crippen LogP contribution in [0.2, 0.25) is 0 Å². The molecule has 0 aliphatic rings. The Labute approximate surface area is 100 Å². The van der Waals surface area contributed by atoms with Gasteiger partial charge in [0.2, 0.25) is 0 Å². The minimum Gasteiger partial charge on any atom is -0.299 e. The number of nitriles is 1. The number of hydrogen-bond acceptors (Lipinski definition) is 3. The molecule has 1 heterocycles. The summed E-state index contributed by atoms with van der Waals surface area (Å²) in [7, 11) is 1.67. The van der Waals surface area contributed by atoms with Crippen molar-refractivity contribution in [2.45, 2.75) is 5.33 Å². The first-order valence-electron chi connectivity index (χ1n) is 4.63. The Kier molecular flexibility index (Phi) is 2.75. The standard InChI is InChI=1S/C11H8BrN3O/c1-15-9(5-12)14-10-7(6-13)3-2-4-8(10)11(15)16/h2-4H,5H2,1H3. The van der Waals surface area contributed by atoms with E-state index >= 15 is 0 Å². The zero-order chi connectivity index (χ0) is 11.7. The number of alkyl halides is 1. The topological polar surface area (TPSA) is 58.7 Å². The van der Waals surface area contributed by atoms with Crippen molar-refractivity contribution in [1.29, 1.82) is 5.26 Å². The van der Waals surface area contributed by atoms with Crippen molar-refractivity contribution in [2.75, 3.05) is 0 Å². The number of para-hydroxylation sites is 1. The van der Waals surface area contributed by atoms with Gasteiger partial charge in [-0.25, -0.2) is 4.98 Å². The summed E-state index contributed by atoms with van der Waals surface area (Å²) < 4.78 is 1.48. The van der Waals surface area contributed by atoms with Gasteiger partial charge in [0.15, 0.2) is 0 Å². The van der Waals surface area contributed by atoms with Gasteiger partial charge < -0.3 is 0 Å². The third-order valence-corrected chi connectivity index (χ3v) is 2.94. The van der Waals surface area contributed by atoms with Gasteiger partial charge in [0, 0.05) is 7.05 Å². The van der Waals surface area contributed by atoms with E-state index in [0.717, 1.165) is 0 Å². The molecule has 0 saturated carbocycles. The molecule has 1 aromatic heterocycles. The van der Waals surface area contributed by atoms with Crippen LogP contribution in [0.15, 0.2) is 23.0 Å². The van der Waals surface area contributed by atoms with Crippen LogP contribution < -0.4 is 5.56 Å². The van der Waals surface area contributed by atoms with Crippen LogP contribution in [0.4, 0.5) is 0 Å². The summed E-state index contributed by atoms with van der Waals surface area (Å²) >= 11 is 3.27. The Balaban J connectivity index is 3.00. The second kappa shape index (κ2) is 4.06. The molecule has 2 rings (SSSR count). The monoisotopic (exact) mass is 277 g/mol. The normalized spacial score (nSPS) is 10.3. The first-order chi connectivity index (χ1) is 7.69. The minimum absolute atomic E-state index is 0.128. The van der Waals surface area contributed by atoms with Crippen molar-refractivity contribution in [1.82, 2.24) is 9.55 Å². The van der Waals surface area contributed by atoms with Gasteiger partial charge in [-0.2, -0.15) is 5.26 Å². The van der Waals surface area contributed by atoms with Crippen molar-refractivity contribution in [3.05, 3.63) is 39.9 Å². The summed E-state index contributed by atoms with van der Waals surface area (Å²) in [5.41, 5.74) is 0.775. The van der Waals surface area contributed by atoms with Gasteiger partial charge in [-0.3, -0.25) is 9.36 Å². The van der Waals surface area contributed by atoms with Crippen LogP contribution in [-0.4, -0.2) is 9.55 Å². The Bertz CT molecular complexity index is 655. The first kappa shape index (κ1) is 10.8. The fourth-order valence-corrected chi connectivity index (χ4v) is 2.05. The smallest absolute Gasteiger partial charge is 0.261 e. The van der Waals surface area contributed by atoms with Crippen LogP contribution in [0.25, 0.3) is 10.9 Å². The summed E-state index contributed by atoms with van der Waals surface area (Å²) in [6.07, 6.45) is 0. The Morgan fingerprint density at radius 3 is 2.94 bits per heavy atom. The van der Waals surface area contributed by atoms with Crippen molar-refractivity contribution in [3.8, 4) is 6.07 Å². The molecular formula is C11H8BrN3O. The van der Waals surface area contributed by atoms with Gasteiger partial charge in [-0.1, -0.05) is 22.0 Å². The van der Waals surface area contributed by atoms with Crippen LogP contribution in [0.1, 0.15) is 11.4 Å². The van der Waals surface area contributed by atoms with Gasteiger partial charge in [0.25, 0.3) is 5.56 Å². The van der Waals surface area contributed by atoms with E-state index < -0.39 is 0 Å². The van der Waals surface area contributed by atoms with Crippen molar-refractivity contribution >= 4 is 26.8 Å². The maximum Gasteiger partial charge on any atom is 0.261 e. The highest BCUT2D eigenvalue weighted by atomic mass is 79.9. The number of benzene rings is 1. The van der Waals surface area contributed by atoms with Crippen LogP contribution >= 0.6 is 15.9 Å². The SMILES string of the molecule is Cn1c(CBr)nc2c(C#N)cccc2c1=O. The average molecular weight is 278 g/mol. The predicted octanol–water partition coefficient (Wildman–Crippen LogP) is 1.70. The molecule has 0 fully saturated rings. The largest absolute Gasteiger partial charge is 0.299 e. The molecular weight excluding hydrogens is 270 g/mol. The van der Waals surface area contributed by atoms with E-state index in [4.69, 9.17) is 5.26 Å². The van der Waals surface area contributed by atoms with Gasteiger partial charge in [0.1, 0.15) is 11.9 Å². The molecule has 0 unspecified atom stereocenters.